The second-order valence-corrected chi connectivity index (χ2v) is 12.9. The Bertz CT molecular complexity index is 1790. The van der Waals surface area contributed by atoms with Gasteiger partial charge in [0.05, 0.1) is 20.3 Å². The Balaban J connectivity index is 1.11. The highest BCUT2D eigenvalue weighted by Gasteiger charge is 2.38. The van der Waals surface area contributed by atoms with Crippen molar-refractivity contribution in [3.8, 4) is 23.0 Å². The van der Waals surface area contributed by atoms with Gasteiger partial charge in [0.15, 0.2) is 23.0 Å². The van der Waals surface area contributed by atoms with E-state index in [4.69, 9.17) is 23.8 Å². The maximum Gasteiger partial charge on any atom is 0.229 e. The highest BCUT2D eigenvalue weighted by atomic mass is 16.7. The molecule has 16 nitrogen and oxygen atoms in total. The van der Waals surface area contributed by atoms with Crippen LogP contribution in [0.5, 0.6) is 23.0 Å². The number of likely N-dealkylation sites (tertiary alicyclic amines) is 1. The van der Waals surface area contributed by atoms with E-state index in [9.17, 15) is 5.11 Å². The summed E-state index contributed by atoms with van der Waals surface area (Å²) < 4.78 is 23.9. The summed E-state index contributed by atoms with van der Waals surface area (Å²) in [5.41, 5.74) is 1.47. The lowest BCUT2D eigenvalue weighted by molar-refractivity contribution is -0.238. The normalized spacial score (nSPS) is 18.6. The van der Waals surface area contributed by atoms with Crippen LogP contribution >= 0.6 is 0 Å². The Labute approximate surface area is 310 Å². The zero-order valence-electron chi connectivity index (χ0n) is 30.9. The van der Waals surface area contributed by atoms with Crippen LogP contribution < -0.4 is 40.2 Å². The highest BCUT2D eigenvalue weighted by molar-refractivity contribution is 5.61. The Morgan fingerprint density at radius 1 is 0.736 bits per heavy atom. The first-order valence-corrected chi connectivity index (χ1v) is 17.9. The van der Waals surface area contributed by atoms with Gasteiger partial charge in [-0.3, -0.25) is 4.84 Å². The Kier molecular flexibility index (Phi) is 12.8. The molecule has 0 radical (unpaired) electrons. The van der Waals surface area contributed by atoms with Crippen LogP contribution in [-0.2, 0) is 4.84 Å². The van der Waals surface area contributed by atoms with Gasteiger partial charge in [0.1, 0.15) is 37.1 Å². The van der Waals surface area contributed by atoms with Crippen LogP contribution in [0.3, 0.4) is 0 Å². The summed E-state index contributed by atoms with van der Waals surface area (Å²) in [4.78, 5) is 26.6. The SMILES string of the molecule is CNc1ccnc(Nc2ccc(OC)c(OC[C@H](ON3CCC[C@@H]3[C@@H](O)COc3cc(Nc4nccc(NC)n4)ccc3OC)[C@@H]3CCCN3C)c2)n1. The minimum Gasteiger partial charge on any atom is -0.493 e. The topological polar surface area (TPSA) is 173 Å². The molecule has 2 aromatic carbocycles. The second kappa shape index (κ2) is 18.1. The molecule has 0 aliphatic carbocycles. The fraction of sp³-hybridized carbons (Fsp3) is 0.459. The molecule has 2 saturated heterocycles. The van der Waals surface area contributed by atoms with E-state index in [1.54, 1.807) is 57.9 Å². The van der Waals surface area contributed by atoms with Crippen LogP contribution in [0.25, 0.3) is 0 Å². The number of nitrogens with one attached hydrogen (secondary N) is 4. The summed E-state index contributed by atoms with van der Waals surface area (Å²) in [6, 6.07) is 14.5. The molecule has 2 aliphatic heterocycles. The zero-order chi connectivity index (χ0) is 37.2. The van der Waals surface area contributed by atoms with Gasteiger partial charge in [-0.15, -0.1) is 0 Å². The lowest BCUT2D eigenvalue weighted by atomic mass is 10.1. The van der Waals surface area contributed by atoms with Crippen LogP contribution in [0, 0.1) is 0 Å². The molecule has 0 unspecified atom stereocenters. The summed E-state index contributed by atoms with van der Waals surface area (Å²) in [5.74, 6) is 4.48. The number of benzene rings is 2. The van der Waals surface area contributed by atoms with Crippen molar-refractivity contribution in [2.45, 2.75) is 50.0 Å². The lowest BCUT2D eigenvalue weighted by Gasteiger charge is -2.35. The van der Waals surface area contributed by atoms with E-state index in [1.165, 1.54) is 0 Å². The molecule has 2 aliphatic rings. The van der Waals surface area contributed by atoms with Crippen molar-refractivity contribution in [2.24, 2.45) is 0 Å². The van der Waals surface area contributed by atoms with Gasteiger partial charge in [-0.1, -0.05) is 0 Å². The second-order valence-electron chi connectivity index (χ2n) is 12.9. The van der Waals surface area contributed by atoms with Crippen molar-refractivity contribution in [3.63, 3.8) is 0 Å². The number of hydrogen-bond donors (Lipinski definition) is 5. The van der Waals surface area contributed by atoms with E-state index in [0.29, 0.717) is 58.8 Å². The van der Waals surface area contributed by atoms with Gasteiger partial charge in [-0.05, 0) is 75.7 Å². The van der Waals surface area contributed by atoms with Gasteiger partial charge < -0.3 is 50.2 Å². The number of methoxy groups -OCH3 is 2. The van der Waals surface area contributed by atoms with E-state index in [0.717, 1.165) is 37.9 Å². The summed E-state index contributed by atoms with van der Waals surface area (Å²) in [5, 5.41) is 25.9. The van der Waals surface area contributed by atoms with Crippen molar-refractivity contribution >= 4 is 34.9 Å². The van der Waals surface area contributed by atoms with Crippen molar-refractivity contribution in [1.82, 2.24) is 29.9 Å². The number of anilines is 6. The number of aliphatic hydroxyl groups excluding tert-OH is 1. The highest BCUT2D eigenvalue weighted by Crippen LogP contribution is 2.34. The van der Waals surface area contributed by atoms with Gasteiger partial charge >= 0.3 is 0 Å². The number of nitrogens with zero attached hydrogens (tertiary/aromatic N) is 6. The number of aromatic nitrogens is 4. The van der Waals surface area contributed by atoms with Gasteiger partial charge in [0.25, 0.3) is 0 Å². The molecule has 0 spiro atoms. The minimum atomic E-state index is -0.830. The van der Waals surface area contributed by atoms with Crippen LogP contribution in [0.2, 0.25) is 0 Å². The van der Waals surface area contributed by atoms with Gasteiger partial charge in [0, 0.05) is 62.6 Å². The molecule has 5 N–H and O–H groups in total. The third-order valence-electron chi connectivity index (χ3n) is 9.44. The average Bonchev–Trinajstić information content (AvgIpc) is 3.84. The monoisotopic (exact) mass is 730 g/mol. The first kappa shape index (κ1) is 37.6. The van der Waals surface area contributed by atoms with Crippen LogP contribution in [0.1, 0.15) is 25.7 Å². The number of hydrogen-bond acceptors (Lipinski definition) is 16. The Hall–Kier alpha value is -5.16. The summed E-state index contributed by atoms with van der Waals surface area (Å²) >= 11 is 0. The standard InChI is InChI=1S/C37H50N10O6/c1-38-34-14-16-40-36(44-34)42-24-10-12-29(49-4)31(20-24)51-22-28(48)26-8-7-19-47(26)53-33(27-9-6-18-46(27)3)23-52-32-21-25(11-13-30(32)50-5)43-37-41-17-15-35(39-2)45-37/h10-17,20-21,26-28,33,48H,6-9,18-19,22-23H2,1-5H3,(H2,38,40,42,44)(H2,39,41,43,45)/t26-,27+,28+,33+/m1/s1. The van der Waals surface area contributed by atoms with E-state index in [-0.39, 0.29) is 31.4 Å². The fourth-order valence-corrected chi connectivity index (χ4v) is 6.64. The lowest BCUT2D eigenvalue weighted by Crippen LogP contribution is -2.49. The molecule has 6 rings (SSSR count). The molecule has 4 aromatic rings. The predicted octanol–water partition coefficient (Wildman–Crippen LogP) is 4.53. The van der Waals surface area contributed by atoms with E-state index >= 15 is 0 Å². The van der Waals surface area contributed by atoms with E-state index in [2.05, 4.69) is 53.2 Å². The summed E-state index contributed by atoms with van der Waals surface area (Å²) in [6.45, 7) is 1.96. The van der Waals surface area contributed by atoms with Gasteiger partial charge in [0.2, 0.25) is 11.9 Å². The van der Waals surface area contributed by atoms with E-state index in [1.807, 2.05) is 36.4 Å². The minimum absolute atomic E-state index is 0.0402. The third-order valence-corrected chi connectivity index (χ3v) is 9.44. The predicted molar refractivity (Wildman–Crippen MR) is 203 cm³/mol. The molecule has 4 atom stereocenters. The quantitative estimate of drug-likeness (QED) is 0.0966. The summed E-state index contributed by atoms with van der Waals surface area (Å²) in [6.07, 6.45) is 5.90. The van der Waals surface area contributed by atoms with Crippen LogP contribution in [-0.4, -0.2) is 121 Å². The Morgan fingerprint density at radius 3 is 1.81 bits per heavy atom. The van der Waals surface area contributed by atoms with E-state index < -0.39 is 6.10 Å². The number of likely N-dealkylation sites (N-methyl/N-ethyl adjacent to an activating group) is 1. The molecule has 2 aromatic heterocycles. The molecule has 0 saturated carbocycles. The zero-order valence-corrected chi connectivity index (χ0v) is 30.9. The van der Waals surface area contributed by atoms with Crippen molar-refractivity contribution in [3.05, 3.63) is 60.9 Å². The first-order chi connectivity index (χ1) is 25.9. The maximum absolute atomic E-state index is 11.5. The average molecular weight is 731 g/mol. The molecule has 16 heteroatoms. The van der Waals surface area contributed by atoms with Crippen molar-refractivity contribution in [2.75, 3.05) is 82.9 Å². The number of hydroxylamine groups is 2. The molecule has 4 heterocycles. The molecule has 0 amide bonds. The number of rotatable bonds is 18. The molecule has 284 valence electrons. The molecule has 2 fully saturated rings. The van der Waals surface area contributed by atoms with Gasteiger partial charge in [-0.2, -0.15) is 15.0 Å². The van der Waals surface area contributed by atoms with Crippen LogP contribution in [0.15, 0.2) is 60.9 Å². The maximum atomic E-state index is 11.5. The molecule has 0 bridgehead atoms. The fourth-order valence-electron chi connectivity index (χ4n) is 6.64. The largest absolute Gasteiger partial charge is 0.493 e. The third kappa shape index (κ3) is 9.64. The number of ether oxygens (including phenoxy) is 4. The van der Waals surface area contributed by atoms with Crippen molar-refractivity contribution in [1.29, 1.82) is 0 Å². The Morgan fingerprint density at radius 2 is 1.28 bits per heavy atom. The first-order valence-electron chi connectivity index (χ1n) is 17.9. The number of aliphatic hydroxyl groups is 1. The summed E-state index contributed by atoms with van der Waals surface area (Å²) in [7, 11) is 8.92. The van der Waals surface area contributed by atoms with Crippen LogP contribution in [0.4, 0.5) is 34.9 Å². The van der Waals surface area contributed by atoms with Crippen molar-refractivity contribution < 1.29 is 28.9 Å². The van der Waals surface area contributed by atoms with Gasteiger partial charge in [-0.25, -0.2) is 9.97 Å². The molecule has 53 heavy (non-hydrogen) atoms. The smallest absolute Gasteiger partial charge is 0.229 e. The molecular weight excluding hydrogens is 680 g/mol. The molecular formula is C37H50N10O6.